The second-order valence-corrected chi connectivity index (χ2v) is 13.4. The van der Waals surface area contributed by atoms with Crippen LogP contribution in [-0.2, 0) is 28.2 Å². The predicted octanol–water partition coefficient (Wildman–Crippen LogP) is 4.36. The first-order valence-electron chi connectivity index (χ1n) is 16.0. The van der Waals surface area contributed by atoms with Crippen LogP contribution in [-0.4, -0.2) is 62.9 Å². The summed E-state index contributed by atoms with van der Waals surface area (Å²) in [5.74, 6) is 0.0646. The summed E-state index contributed by atoms with van der Waals surface area (Å²) in [7, 11) is -5.02. The molecule has 44 heavy (non-hydrogen) atoms. The molecule has 11 nitrogen and oxygen atoms in total. The highest BCUT2D eigenvalue weighted by Crippen LogP contribution is 2.40. The highest BCUT2D eigenvalue weighted by molar-refractivity contribution is 7.46. The molecule has 6 N–H and O–H groups in total. The first-order chi connectivity index (χ1) is 21.0. The van der Waals surface area contributed by atoms with E-state index in [1.807, 2.05) is 6.92 Å². The van der Waals surface area contributed by atoms with E-state index in [-0.39, 0.29) is 30.1 Å². The van der Waals surface area contributed by atoms with Crippen molar-refractivity contribution < 1.29 is 48.2 Å². The molecule has 0 aromatic heterocycles. The number of carbonyl (C=O) groups is 2. The predicted molar refractivity (Wildman–Crippen MR) is 164 cm³/mol. The van der Waals surface area contributed by atoms with Crippen molar-refractivity contribution in [3.8, 4) is 0 Å². The summed E-state index contributed by atoms with van der Waals surface area (Å²) in [6, 6.07) is 0. The van der Waals surface area contributed by atoms with Gasteiger partial charge in [0.05, 0.1) is 18.1 Å². The first kappa shape index (κ1) is 36.4. The number of hydrogen-bond acceptors (Lipinski definition) is 9. The molecule has 3 rings (SSSR count). The molecule has 2 fully saturated rings. The van der Waals surface area contributed by atoms with Crippen molar-refractivity contribution in [2.45, 2.75) is 108 Å². The molecule has 2 saturated carbocycles. The molecule has 1 aliphatic heterocycles. The Morgan fingerprint density at radius 2 is 1.84 bits per heavy atom. The van der Waals surface area contributed by atoms with Gasteiger partial charge in [-0.15, -0.1) is 0 Å². The molecule has 248 valence electrons. The number of allylic oxidation sites excluding steroid dienone is 3. The smallest absolute Gasteiger partial charge is 0.454 e. The number of esters is 2. The van der Waals surface area contributed by atoms with Gasteiger partial charge in [-0.05, 0) is 63.1 Å². The van der Waals surface area contributed by atoms with Gasteiger partial charge in [0, 0.05) is 24.3 Å². The van der Waals surface area contributed by atoms with E-state index in [2.05, 4.69) is 0 Å². The monoisotopic (exact) mass is 639 g/mol. The average molecular weight is 640 g/mol. The SMILES string of the molecule is CCC1C=CC(=O)OC1C=CC(O)C(CC(O)C=CC=C(OC(=O)C1CCCCC1)C1CCCC(CCN)C1)OP(=O)(O)O. The van der Waals surface area contributed by atoms with E-state index in [0.717, 1.165) is 64.2 Å². The van der Waals surface area contributed by atoms with E-state index < -0.39 is 38.2 Å². The van der Waals surface area contributed by atoms with Gasteiger partial charge in [-0.2, -0.15) is 0 Å². The maximum Gasteiger partial charge on any atom is 0.469 e. The van der Waals surface area contributed by atoms with Gasteiger partial charge in [-0.1, -0.05) is 63.3 Å². The van der Waals surface area contributed by atoms with Gasteiger partial charge in [-0.25, -0.2) is 9.36 Å². The van der Waals surface area contributed by atoms with Gasteiger partial charge in [-0.3, -0.25) is 9.32 Å². The number of rotatable bonds is 15. The molecule has 0 spiro atoms. The van der Waals surface area contributed by atoms with Crippen LogP contribution in [0.25, 0.3) is 0 Å². The average Bonchev–Trinajstić information content (AvgIpc) is 2.99. The van der Waals surface area contributed by atoms with E-state index >= 15 is 0 Å². The van der Waals surface area contributed by atoms with E-state index in [9.17, 15) is 34.2 Å². The molecule has 7 unspecified atom stereocenters. The van der Waals surface area contributed by atoms with Crippen molar-refractivity contribution in [3.05, 3.63) is 48.3 Å². The molecular formula is C32H50NO10P. The van der Waals surface area contributed by atoms with Crippen molar-refractivity contribution in [2.24, 2.45) is 29.4 Å². The van der Waals surface area contributed by atoms with Gasteiger partial charge >= 0.3 is 19.8 Å². The summed E-state index contributed by atoms with van der Waals surface area (Å²) >= 11 is 0. The number of cyclic esters (lactones) is 1. The standard InChI is InChI=1S/C32H50NO10P/c1-2-23-14-17-31(36)41-29(23)16-15-27(35)30(43-44(38,39)40)21-26(34)12-7-13-28(25-11-6-8-22(20-25)18-19-33)42-32(37)24-9-4-3-5-10-24/h7,12-17,22-27,29-30,34-35H,2-6,8-11,18-21,33H2,1H3,(H2,38,39,40). The summed E-state index contributed by atoms with van der Waals surface area (Å²) in [4.78, 5) is 43.6. The fourth-order valence-electron chi connectivity index (χ4n) is 6.33. The number of aliphatic hydroxyl groups is 2. The summed E-state index contributed by atoms with van der Waals surface area (Å²) in [6.07, 6.45) is 15.3. The van der Waals surface area contributed by atoms with Gasteiger partial charge in [0.1, 0.15) is 18.0 Å². The van der Waals surface area contributed by atoms with E-state index in [0.29, 0.717) is 24.6 Å². The lowest BCUT2D eigenvalue weighted by atomic mass is 9.79. The number of phosphoric ester groups is 1. The van der Waals surface area contributed by atoms with Crippen LogP contribution in [0.4, 0.5) is 0 Å². The molecule has 2 aliphatic carbocycles. The Hall–Kier alpha value is -2.11. The van der Waals surface area contributed by atoms with Gasteiger partial charge in [0.15, 0.2) is 0 Å². The second-order valence-electron chi connectivity index (χ2n) is 12.2. The molecular weight excluding hydrogens is 589 g/mol. The Balaban J connectivity index is 1.71. The fraction of sp³-hybridized carbons (Fsp3) is 0.688. The molecule has 3 aliphatic rings. The number of hydrogen-bond donors (Lipinski definition) is 5. The second kappa shape index (κ2) is 18.1. The van der Waals surface area contributed by atoms with Crippen LogP contribution in [0.3, 0.4) is 0 Å². The van der Waals surface area contributed by atoms with Crippen molar-refractivity contribution in [1.82, 2.24) is 0 Å². The highest BCUT2D eigenvalue weighted by Gasteiger charge is 2.31. The molecule has 12 heteroatoms. The minimum Gasteiger partial charge on any atom is -0.454 e. The largest absolute Gasteiger partial charge is 0.469 e. The van der Waals surface area contributed by atoms with Crippen molar-refractivity contribution in [1.29, 1.82) is 0 Å². The Bertz CT molecular complexity index is 1090. The van der Waals surface area contributed by atoms with Crippen LogP contribution in [0.1, 0.15) is 84.0 Å². The molecule has 0 bridgehead atoms. The molecule has 0 aromatic rings. The summed E-state index contributed by atoms with van der Waals surface area (Å²) < 4.78 is 27.7. The lowest BCUT2D eigenvalue weighted by Crippen LogP contribution is -2.32. The minimum absolute atomic E-state index is 0.0445. The third kappa shape index (κ3) is 12.4. The first-order valence-corrected chi connectivity index (χ1v) is 17.5. The number of nitrogens with two attached hydrogens (primary N) is 1. The van der Waals surface area contributed by atoms with Crippen LogP contribution in [0.15, 0.2) is 48.3 Å². The minimum atomic E-state index is -5.02. The Morgan fingerprint density at radius 1 is 1.11 bits per heavy atom. The van der Waals surface area contributed by atoms with E-state index in [4.69, 9.17) is 19.7 Å². The lowest BCUT2D eigenvalue weighted by molar-refractivity contribution is -0.146. The van der Waals surface area contributed by atoms with Crippen molar-refractivity contribution >= 4 is 19.8 Å². The molecule has 7 atom stereocenters. The van der Waals surface area contributed by atoms with Crippen LogP contribution in [0, 0.1) is 23.7 Å². The number of ether oxygens (including phenoxy) is 2. The van der Waals surface area contributed by atoms with Crippen molar-refractivity contribution in [2.75, 3.05) is 6.54 Å². The zero-order chi connectivity index (χ0) is 32.1. The zero-order valence-electron chi connectivity index (χ0n) is 25.6. The van der Waals surface area contributed by atoms with Crippen LogP contribution >= 0.6 is 7.82 Å². The lowest BCUT2D eigenvalue weighted by Gasteiger charge is -2.31. The van der Waals surface area contributed by atoms with Gasteiger partial charge in [0.2, 0.25) is 0 Å². The number of aliphatic hydroxyl groups excluding tert-OH is 2. The number of carbonyl (C=O) groups excluding carboxylic acids is 2. The topological polar surface area (TPSA) is 186 Å². The summed E-state index contributed by atoms with van der Waals surface area (Å²) in [5, 5.41) is 21.5. The molecule has 0 radical (unpaired) electrons. The zero-order valence-corrected chi connectivity index (χ0v) is 26.5. The van der Waals surface area contributed by atoms with Crippen LogP contribution in [0.5, 0.6) is 0 Å². The Morgan fingerprint density at radius 3 is 2.52 bits per heavy atom. The van der Waals surface area contributed by atoms with Gasteiger partial charge in [0.25, 0.3) is 0 Å². The maximum atomic E-state index is 13.0. The molecule has 0 saturated heterocycles. The molecule has 0 amide bonds. The summed E-state index contributed by atoms with van der Waals surface area (Å²) in [5.41, 5.74) is 5.80. The summed E-state index contributed by atoms with van der Waals surface area (Å²) in [6.45, 7) is 2.52. The van der Waals surface area contributed by atoms with Crippen LogP contribution < -0.4 is 5.73 Å². The normalized spacial score (nSPS) is 27.8. The van der Waals surface area contributed by atoms with Crippen LogP contribution in [0.2, 0.25) is 0 Å². The van der Waals surface area contributed by atoms with Gasteiger partial charge < -0.3 is 35.2 Å². The maximum absolute atomic E-state index is 13.0. The fourth-order valence-corrected chi connectivity index (χ4v) is 6.89. The third-order valence-electron chi connectivity index (χ3n) is 8.76. The number of phosphoric acid groups is 1. The Kier molecular flexibility index (Phi) is 15.0. The quantitative estimate of drug-likeness (QED) is 0.0564. The van der Waals surface area contributed by atoms with E-state index in [1.165, 1.54) is 24.3 Å². The molecule has 0 aromatic carbocycles. The third-order valence-corrected chi connectivity index (χ3v) is 9.31. The highest BCUT2D eigenvalue weighted by atomic mass is 31.2. The Labute approximate surface area is 260 Å². The van der Waals surface area contributed by atoms with Crippen molar-refractivity contribution in [3.63, 3.8) is 0 Å². The molecule has 1 heterocycles. The van der Waals surface area contributed by atoms with E-state index in [1.54, 1.807) is 18.2 Å².